The van der Waals surface area contributed by atoms with E-state index in [1.165, 1.54) is 44.9 Å². The van der Waals surface area contributed by atoms with Gasteiger partial charge in [-0.3, -0.25) is 0 Å². The summed E-state index contributed by atoms with van der Waals surface area (Å²) in [6, 6.07) is 0. The first kappa shape index (κ1) is 17.1. The van der Waals surface area contributed by atoms with E-state index in [2.05, 4.69) is 19.9 Å². The van der Waals surface area contributed by atoms with E-state index in [1.54, 1.807) is 5.57 Å². The number of fused-ring (bicyclic) bond motifs is 5. The van der Waals surface area contributed by atoms with Gasteiger partial charge in [0.15, 0.2) is 0 Å². The van der Waals surface area contributed by atoms with Crippen LogP contribution in [0.3, 0.4) is 0 Å². The number of hydrogen-bond acceptors (Lipinski definition) is 2. The highest BCUT2D eigenvalue weighted by atomic mass is 16.5. The summed E-state index contributed by atoms with van der Waals surface area (Å²) in [4.78, 5) is 0. The lowest BCUT2D eigenvalue weighted by molar-refractivity contribution is -0.0696. The second-order valence-electron chi connectivity index (χ2n) is 9.83. The predicted molar refractivity (Wildman–Crippen MR) is 97.7 cm³/mol. The van der Waals surface area contributed by atoms with Gasteiger partial charge in [-0.25, -0.2) is 0 Å². The van der Waals surface area contributed by atoms with E-state index in [0.29, 0.717) is 22.9 Å². The lowest BCUT2D eigenvalue weighted by Gasteiger charge is -2.58. The molecule has 0 saturated heterocycles. The normalized spacial score (nSPS) is 52.0. The number of aliphatic hydroxyl groups is 1. The number of aliphatic hydroxyl groups excluding tert-OH is 1. The standard InChI is InChI=1S/C22H36O2/c1-14(23)18-7-8-19-17-6-5-15-13-16(24-4)9-11-21(15,2)20(17)10-12-22(18,19)3/h5,14,16-20,23H,6-13H2,1-4H3/t14-,16-,17?,18?,19?,20?,21-,22+/m0/s1. The quantitative estimate of drug-likeness (QED) is 0.724. The molecule has 4 rings (SSSR count). The summed E-state index contributed by atoms with van der Waals surface area (Å²) in [5.74, 6) is 3.05. The first-order chi connectivity index (χ1) is 11.4. The third-order valence-electron chi connectivity index (χ3n) is 9.05. The minimum atomic E-state index is -0.140. The summed E-state index contributed by atoms with van der Waals surface area (Å²) in [6.07, 6.45) is 13.2. The molecule has 136 valence electrons. The molecule has 1 N–H and O–H groups in total. The van der Waals surface area contributed by atoms with E-state index in [-0.39, 0.29) is 6.10 Å². The zero-order valence-electron chi connectivity index (χ0n) is 16.1. The summed E-state index contributed by atoms with van der Waals surface area (Å²) in [5, 5.41) is 10.3. The second kappa shape index (κ2) is 5.84. The lowest BCUT2D eigenvalue weighted by Crippen LogP contribution is -2.51. The zero-order chi connectivity index (χ0) is 17.1. The average molecular weight is 333 g/mol. The van der Waals surface area contributed by atoms with Crippen LogP contribution < -0.4 is 0 Å². The molecule has 4 unspecified atom stereocenters. The fraction of sp³-hybridized carbons (Fsp3) is 0.909. The van der Waals surface area contributed by atoms with Crippen molar-refractivity contribution in [2.24, 2.45) is 34.5 Å². The summed E-state index contributed by atoms with van der Waals surface area (Å²) in [5.41, 5.74) is 2.50. The molecule has 0 heterocycles. The summed E-state index contributed by atoms with van der Waals surface area (Å²) in [6.45, 7) is 7.09. The Morgan fingerprint density at radius 2 is 1.92 bits per heavy atom. The smallest absolute Gasteiger partial charge is 0.0608 e. The van der Waals surface area contributed by atoms with Crippen LogP contribution in [0, 0.1) is 34.5 Å². The van der Waals surface area contributed by atoms with Crippen molar-refractivity contribution >= 4 is 0 Å². The van der Waals surface area contributed by atoms with Crippen molar-refractivity contribution < 1.29 is 9.84 Å². The molecule has 0 amide bonds. The molecule has 3 saturated carbocycles. The minimum Gasteiger partial charge on any atom is -0.393 e. The van der Waals surface area contributed by atoms with Gasteiger partial charge in [-0.2, -0.15) is 0 Å². The fourth-order valence-corrected chi connectivity index (χ4v) is 7.66. The highest BCUT2D eigenvalue weighted by Crippen LogP contribution is 2.66. The Bertz CT molecular complexity index is 524. The molecular formula is C22H36O2. The van der Waals surface area contributed by atoms with E-state index >= 15 is 0 Å². The number of rotatable bonds is 2. The van der Waals surface area contributed by atoms with Crippen molar-refractivity contribution in [3.8, 4) is 0 Å². The van der Waals surface area contributed by atoms with Crippen molar-refractivity contribution in [1.29, 1.82) is 0 Å². The first-order valence-corrected chi connectivity index (χ1v) is 10.3. The maximum absolute atomic E-state index is 10.3. The molecule has 0 aromatic carbocycles. The van der Waals surface area contributed by atoms with Crippen LogP contribution in [0.15, 0.2) is 11.6 Å². The minimum absolute atomic E-state index is 0.140. The van der Waals surface area contributed by atoms with Gasteiger partial charge < -0.3 is 9.84 Å². The van der Waals surface area contributed by atoms with Gasteiger partial charge in [0.25, 0.3) is 0 Å². The molecule has 0 radical (unpaired) electrons. The first-order valence-electron chi connectivity index (χ1n) is 10.3. The summed E-state index contributed by atoms with van der Waals surface area (Å²) >= 11 is 0. The van der Waals surface area contributed by atoms with E-state index in [9.17, 15) is 5.11 Å². The van der Waals surface area contributed by atoms with Gasteiger partial charge >= 0.3 is 0 Å². The van der Waals surface area contributed by atoms with Crippen molar-refractivity contribution in [2.45, 2.75) is 84.3 Å². The fourth-order valence-electron chi connectivity index (χ4n) is 7.66. The van der Waals surface area contributed by atoms with Gasteiger partial charge in [0.05, 0.1) is 12.2 Å². The van der Waals surface area contributed by atoms with Crippen LogP contribution in [-0.2, 0) is 4.74 Å². The van der Waals surface area contributed by atoms with E-state index < -0.39 is 0 Å². The van der Waals surface area contributed by atoms with Crippen LogP contribution >= 0.6 is 0 Å². The van der Waals surface area contributed by atoms with E-state index in [4.69, 9.17) is 4.74 Å². The third kappa shape index (κ3) is 2.28. The largest absolute Gasteiger partial charge is 0.393 e. The molecule has 2 heteroatoms. The molecule has 0 aromatic heterocycles. The van der Waals surface area contributed by atoms with Gasteiger partial charge in [0.1, 0.15) is 0 Å². The topological polar surface area (TPSA) is 29.5 Å². The second-order valence-corrected chi connectivity index (χ2v) is 9.83. The predicted octanol–water partition coefficient (Wildman–Crippen LogP) is 4.96. The van der Waals surface area contributed by atoms with Crippen molar-refractivity contribution in [1.82, 2.24) is 0 Å². The van der Waals surface area contributed by atoms with Crippen LogP contribution in [0.2, 0.25) is 0 Å². The molecule has 0 bridgehead atoms. The van der Waals surface area contributed by atoms with Gasteiger partial charge in [-0.1, -0.05) is 25.5 Å². The Balaban J connectivity index is 1.62. The molecule has 4 aliphatic carbocycles. The SMILES string of the molecule is CO[C@H]1CC[C@@]2(C)C(=CCC3C4CCC([C@H](C)O)[C@@]4(C)CCC32)C1. The average Bonchev–Trinajstić information content (AvgIpc) is 2.91. The maximum atomic E-state index is 10.3. The van der Waals surface area contributed by atoms with Crippen LogP contribution in [-0.4, -0.2) is 24.4 Å². The Kier molecular flexibility index (Phi) is 4.16. The molecule has 8 atom stereocenters. The van der Waals surface area contributed by atoms with Gasteiger partial charge in [0.2, 0.25) is 0 Å². The molecule has 2 nitrogen and oxygen atoms in total. The van der Waals surface area contributed by atoms with Crippen LogP contribution in [0.4, 0.5) is 0 Å². The lowest BCUT2D eigenvalue weighted by atomic mass is 9.47. The van der Waals surface area contributed by atoms with Crippen LogP contribution in [0.25, 0.3) is 0 Å². The summed E-state index contributed by atoms with van der Waals surface area (Å²) in [7, 11) is 1.88. The molecule has 24 heavy (non-hydrogen) atoms. The Hall–Kier alpha value is -0.340. The number of ether oxygens (including phenoxy) is 1. The highest BCUT2D eigenvalue weighted by molar-refractivity contribution is 5.25. The van der Waals surface area contributed by atoms with E-state index in [0.717, 1.165) is 24.2 Å². The third-order valence-corrected chi connectivity index (χ3v) is 9.05. The van der Waals surface area contributed by atoms with Gasteiger partial charge in [-0.15, -0.1) is 0 Å². The van der Waals surface area contributed by atoms with Gasteiger partial charge in [0, 0.05) is 7.11 Å². The molecule has 0 aliphatic heterocycles. The maximum Gasteiger partial charge on any atom is 0.0608 e. The van der Waals surface area contributed by atoms with Gasteiger partial charge in [-0.05, 0) is 92.8 Å². The molecule has 0 aromatic rings. The number of allylic oxidation sites excluding steroid dienone is 1. The molecular weight excluding hydrogens is 296 g/mol. The summed E-state index contributed by atoms with van der Waals surface area (Å²) < 4.78 is 5.68. The van der Waals surface area contributed by atoms with E-state index in [1.807, 2.05) is 14.0 Å². The number of hydrogen-bond donors (Lipinski definition) is 1. The number of methoxy groups -OCH3 is 1. The van der Waals surface area contributed by atoms with Crippen LogP contribution in [0.1, 0.15) is 72.1 Å². The Labute approximate surface area is 148 Å². The Morgan fingerprint density at radius 1 is 1.12 bits per heavy atom. The van der Waals surface area contributed by atoms with Crippen LogP contribution in [0.5, 0.6) is 0 Å². The zero-order valence-corrected chi connectivity index (χ0v) is 16.1. The Morgan fingerprint density at radius 3 is 2.62 bits per heavy atom. The molecule has 3 fully saturated rings. The molecule has 4 aliphatic rings. The monoisotopic (exact) mass is 332 g/mol. The highest BCUT2D eigenvalue weighted by Gasteiger charge is 2.59. The molecule has 0 spiro atoms. The van der Waals surface area contributed by atoms with Crippen molar-refractivity contribution in [3.63, 3.8) is 0 Å². The van der Waals surface area contributed by atoms with Crippen molar-refractivity contribution in [2.75, 3.05) is 7.11 Å². The van der Waals surface area contributed by atoms with Crippen molar-refractivity contribution in [3.05, 3.63) is 11.6 Å².